The van der Waals surface area contributed by atoms with Gasteiger partial charge >= 0.3 is 0 Å². The Morgan fingerprint density at radius 1 is 1.06 bits per heavy atom. The van der Waals surface area contributed by atoms with Crippen LogP contribution in [0.4, 0.5) is 5.82 Å². The van der Waals surface area contributed by atoms with Crippen molar-refractivity contribution in [2.45, 2.75) is 103 Å². The molecule has 2 heterocycles. The highest BCUT2D eigenvalue weighted by Gasteiger charge is 2.47. The van der Waals surface area contributed by atoms with Gasteiger partial charge in [0.05, 0.1) is 18.8 Å². The molecule has 1 saturated heterocycles. The van der Waals surface area contributed by atoms with Crippen LogP contribution in [0.2, 0.25) is 41.5 Å². The molecular weight excluding hydrogens is 458 g/mol. The van der Waals surface area contributed by atoms with Gasteiger partial charge in [0, 0.05) is 32.3 Å². The zero-order valence-electron chi connectivity index (χ0n) is 22.2. The molecule has 1 aromatic heterocycles. The molecule has 0 N–H and O–H groups in total. The van der Waals surface area contributed by atoms with Gasteiger partial charge < -0.3 is 18.5 Å². The highest BCUT2D eigenvalue weighted by atomic mass is 35.5. The molecule has 1 aromatic rings. The van der Waals surface area contributed by atoms with Gasteiger partial charge in [0.15, 0.2) is 16.6 Å². The summed E-state index contributed by atoms with van der Waals surface area (Å²) in [6.07, 6.45) is 2.22. The van der Waals surface area contributed by atoms with Crippen molar-refractivity contribution in [3.05, 3.63) is 17.0 Å². The van der Waals surface area contributed by atoms with Crippen molar-refractivity contribution in [1.82, 2.24) is 9.97 Å². The second kappa shape index (κ2) is 9.62. The Labute approximate surface area is 202 Å². The van der Waals surface area contributed by atoms with Crippen LogP contribution in [0.15, 0.2) is 6.20 Å². The third-order valence-electron chi connectivity index (χ3n) is 7.40. The minimum atomic E-state index is -1.99. The molecule has 0 amide bonds. The summed E-state index contributed by atoms with van der Waals surface area (Å²) in [5, 5.41) is 0.499. The monoisotopic (exact) mass is 501 g/mol. The SMILES string of the molecule is CN(C)c1nc(Cl)ncc1[C@H]1C[C@H](O[Si](C)(C)C(C)(C)C)[C@@H](CO[Si](C)(C)C(C)(C)C)O1. The van der Waals surface area contributed by atoms with Gasteiger partial charge in [0.25, 0.3) is 0 Å². The number of hydrogen-bond donors (Lipinski definition) is 0. The summed E-state index contributed by atoms with van der Waals surface area (Å²) in [5.41, 5.74) is 0.943. The summed E-state index contributed by atoms with van der Waals surface area (Å²) in [6, 6.07) is 0. The highest BCUT2D eigenvalue weighted by molar-refractivity contribution is 6.74. The Morgan fingerprint density at radius 3 is 2.12 bits per heavy atom. The van der Waals surface area contributed by atoms with Gasteiger partial charge in [0.2, 0.25) is 5.28 Å². The van der Waals surface area contributed by atoms with Gasteiger partial charge in [-0.25, -0.2) is 9.97 Å². The van der Waals surface area contributed by atoms with Crippen molar-refractivity contribution in [2.24, 2.45) is 0 Å². The molecule has 0 aromatic carbocycles. The van der Waals surface area contributed by atoms with Gasteiger partial charge in [-0.15, -0.1) is 0 Å². The normalized spacial score (nSPS) is 23.0. The van der Waals surface area contributed by atoms with E-state index < -0.39 is 16.6 Å². The lowest BCUT2D eigenvalue weighted by molar-refractivity contribution is -0.0164. The van der Waals surface area contributed by atoms with Crippen molar-refractivity contribution in [3.8, 4) is 0 Å². The Bertz CT molecular complexity index is 792. The average molecular weight is 502 g/mol. The fourth-order valence-corrected chi connectivity index (χ4v) is 5.70. The van der Waals surface area contributed by atoms with Gasteiger partial charge in [-0.1, -0.05) is 41.5 Å². The summed E-state index contributed by atoms with van der Waals surface area (Å²) in [4.78, 5) is 10.6. The number of rotatable bonds is 7. The van der Waals surface area contributed by atoms with E-state index in [-0.39, 0.29) is 33.7 Å². The molecule has 0 unspecified atom stereocenters. The molecule has 0 bridgehead atoms. The van der Waals surface area contributed by atoms with E-state index in [2.05, 4.69) is 77.7 Å². The maximum absolute atomic E-state index is 6.87. The summed E-state index contributed by atoms with van der Waals surface area (Å²) >= 11 is 6.08. The summed E-state index contributed by atoms with van der Waals surface area (Å²) in [7, 11) is 0.0196. The lowest BCUT2D eigenvalue weighted by atomic mass is 10.1. The Balaban J connectivity index is 2.33. The van der Waals surface area contributed by atoms with Crippen LogP contribution in [-0.4, -0.2) is 59.5 Å². The van der Waals surface area contributed by atoms with Crippen LogP contribution in [-0.2, 0) is 13.6 Å². The highest BCUT2D eigenvalue weighted by Crippen LogP contribution is 2.44. The maximum Gasteiger partial charge on any atom is 0.224 e. The number of halogens is 1. The lowest BCUT2D eigenvalue weighted by Gasteiger charge is -2.40. The molecule has 32 heavy (non-hydrogen) atoms. The van der Waals surface area contributed by atoms with E-state index in [9.17, 15) is 0 Å². The molecule has 1 aliphatic rings. The van der Waals surface area contributed by atoms with Crippen molar-refractivity contribution in [2.75, 3.05) is 25.6 Å². The molecule has 184 valence electrons. The van der Waals surface area contributed by atoms with E-state index in [0.717, 1.165) is 17.8 Å². The van der Waals surface area contributed by atoms with Gasteiger partial charge in [0.1, 0.15) is 11.9 Å². The smallest absolute Gasteiger partial charge is 0.224 e. The third kappa shape index (κ3) is 6.33. The lowest BCUT2D eigenvalue weighted by Crippen LogP contribution is -2.48. The second-order valence-electron chi connectivity index (χ2n) is 12.2. The number of nitrogens with zero attached hydrogens (tertiary/aromatic N) is 3. The van der Waals surface area contributed by atoms with Crippen molar-refractivity contribution < 1.29 is 13.6 Å². The van der Waals surface area contributed by atoms with E-state index in [1.807, 2.05) is 19.0 Å². The Hall–Kier alpha value is -0.516. The van der Waals surface area contributed by atoms with Crippen LogP contribution in [0.25, 0.3) is 0 Å². The zero-order chi connectivity index (χ0) is 24.7. The van der Waals surface area contributed by atoms with Crippen LogP contribution >= 0.6 is 11.6 Å². The zero-order valence-corrected chi connectivity index (χ0v) is 24.9. The molecule has 3 atom stereocenters. The van der Waals surface area contributed by atoms with E-state index in [1.54, 1.807) is 6.20 Å². The van der Waals surface area contributed by atoms with Crippen molar-refractivity contribution >= 4 is 34.1 Å². The van der Waals surface area contributed by atoms with Crippen LogP contribution in [0.5, 0.6) is 0 Å². The predicted molar refractivity (Wildman–Crippen MR) is 139 cm³/mol. The van der Waals surface area contributed by atoms with Crippen LogP contribution < -0.4 is 4.90 Å². The minimum Gasteiger partial charge on any atom is -0.414 e. The van der Waals surface area contributed by atoms with E-state index >= 15 is 0 Å². The standard InChI is InChI=1S/C23H44ClN3O3Si2/c1-22(2,3)31(9,10)28-15-19-18(30-32(11,12)23(4,5)6)13-17(29-19)16-14-25-21(24)26-20(16)27(7)8/h14,17-19H,13,15H2,1-12H3/t17-,18+,19-/m1/s1. The molecule has 2 rings (SSSR count). The summed E-state index contributed by atoms with van der Waals surface area (Å²) in [5.74, 6) is 0.784. The summed E-state index contributed by atoms with van der Waals surface area (Å²) < 4.78 is 20.0. The first kappa shape index (κ1) is 27.7. The van der Waals surface area contributed by atoms with Gasteiger partial charge in [-0.05, 0) is 47.9 Å². The fourth-order valence-electron chi connectivity index (χ4n) is 3.20. The molecule has 1 aliphatic heterocycles. The van der Waals surface area contributed by atoms with Crippen LogP contribution in [0.3, 0.4) is 0 Å². The molecule has 0 radical (unpaired) electrons. The quantitative estimate of drug-likeness (QED) is 0.316. The average Bonchev–Trinajstić information content (AvgIpc) is 2.99. The Kier molecular flexibility index (Phi) is 8.34. The first-order chi connectivity index (χ1) is 14.4. The molecule has 1 fully saturated rings. The molecule has 0 aliphatic carbocycles. The van der Waals surface area contributed by atoms with Crippen LogP contribution in [0.1, 0.15) is 59.6 Å². The van der Waals surface area contributed by atoms with Gasteiger partial charge in [-0.2, -0.15) is 0 Å². The second-order valence-corrected chi connectivity index (χ2v) is 22.1. The van der Waals surface area contributed by atoms with E-state index in [0.29, 0.717) is 6.61 Å². The molecule has 9 heteroatoms. The van der Waals surface area contributed by atoms with Crippen molar-refractivity contribution in [1.29, 1.82) is 0 Å². The fraction of sp³-hybridized carbons (Fsp3) is 0.826. The third-order valence-corrected chi connectivity index (χ3v) is 16.6. The van der Waals surface area contributed by atoms with E-state index in [4.69, 9.17) is 25.2 Å². The maximum atomic E-state index is 6.87. The predicted octanol–water partition coefficient (Wildman–Crippen LogP) is 6.44. The number of anilines is 1. The van der Waals surface area contributed by atoms with E-state index in [1.165, 1.54) is 0 Å². The molecule has 0 saturated carbocycles. The van der Waals surface area contributed by atoms with Gasteiger partial charge in [-0.3, -0.25) is 0 Å². The van der Waals surface area contributed by atoms with Crippen molar-refractivity contribution in [3.63, 3.8) is 0 Å². The summed E-state index contributed by atoms with van der Waals surface area (Å²) in [6.45, 7) is 23.3. The number of aromatic nitrogens is 2. The topological polar surface area (TPSA) is 56.7 Å². The first-order valence-electron chi connectivity index (χ1n) is 11.5. The van der Waals surface area contributed by atoms with Crippen LogP contribution in [0, 0.1) is 0 Å². The molecule has 0 spiro atoms. The first-order valence-corrected chi connectivity index (χ1v) is 17.7. The minimum absolute atomic E-state index is 0.0312. The molecule has 6 nitrogen and oxygen atoms in total. The Morgan fingerprint density at radius 2 is 1.62 bits per heavy atom. The largest absolute Gasteiger partial charge is 0.414 e. The number of hydrogen-bond acceptors (Lipinski definition) is 6. The molecular formula is C23H44ClN3O3Si2. The number of ether oxygens (including phenoxy) is 1.